The molecule has 1 N–H and O–H groups in total. The van der Waals surface area contributed by atoms with Crippen molar-refractivity contribution in [3.8, 4) is 11.8 Å². The first-order valence-electron chi connectivity index (χ1n) is 5.81. The SMILES string of the molecule is CCOC(=S)C(C#N)=C(C)Nc1ccc(OC)cc1. The molecule has 0 unspecified atom stereocenters. The predicted octanol–water partition coefficient (Wildman–Crippen LogP) is 3.27. The highest BCUT2D eigenvalue weighted by molar-refractivity contribution is 7.80. The van der Waals surface area contributed by atoms with Crippen LogP contribution in [0.3, 0.4) is 0 Å². The Bertz CT molecular complexity index is 515. The number of ether oxygens (including phenoxy) is 2. The van der Waals surface area contributed by atoms with E-state index in [2.05, 4.69) is 11.4 Å². The molecular formula is C14H16N2O2S. The van der Waals surface area contributed by atoms with E-state index >= 15 is 0 Å². The van der Waals surface area contributed by atoms with E-state index in [1.54, 1.807) is 14.0 Å². The molecule has 1 rings (SSSR count). The molecule has 0 aliphatic carbocycles. The Balaban J connectivity index is 2.88. The number of nitrogens with one attached hydrogen (secondary N) is 1. The van der Waals surface area contributed by atoms with Gasteiger partial charge in [-0.3, -0.25) is 0 Å². The summed E-state index contributed by atoms with van der Waals surface area (Å²) in [6.45, 7) is 4.06. The molecular weight excluding hydrogens is 260 g/mol. The Morgan fingerprint density at radius 3 is 2.47 bits per heavy atom. The molecule has 0 aromatic heterocycles. The Kier molecular flexibility index (Phi) is 5.83. The van der Waals surface area contributed by atoms with Gasteiger partial charge in [0.25, 0.3) is 0 Å². The molecule has 0 aliphatic heterocycles. The van der Waals surface area contributed by atoms with E-state index in [4.69, 9.17) is 27.0 Å². The fourth-order valence-electron chi connectivity index (χ4n) is 1.44. The maximum atomic E-state index is 9.12. The van der Waals surface area contributed by atoms with Crippen LogP contribution in [0.1, 0.15) is 13.8 Å². The second kappa shape index (κ2) is 7.39. The molecule has 0 heterocycles. The number of methoxy groups -OCH3 is 1. The molecule has 4 nitrogen and oxygen atoms in total. The summed E-state index contributed by atoms with van der Waals surface area (Å²) in [7, 11) is 1.61. The topological polar surface area (TPSA) is 54.3 Å². The van der Waals surface area contributed by atoms with Gasteiger partial charge in [-0.1, -0.05) is 0 Å². The molecule has 0 radical (unpaired) electrons. The molecule has 1 aromatic rings. The van der Waals surface area contributed by atoms with Crippen molar-refractivity contribution in [1.29, 1.82) is 5.26 Å². The molecule has 19 heavy (non-hydrogen) atoms. The van der Waals surface area contributed by atoms with E-state index in [0.717, 1.165) is 11.4 Å². The van der Waals surface area contributed by atoms with Gasteiger partial charge in [0.2, 0.25) is 5.05 Å². The van der Waals surface area contributed by atoms with Gasteiger partial charge in [0.15, 0.2) is 0 Å². The maximum Gasteiger partial charge on any atom is 0.203 e. The van der Waals surface area contributed by atoms with E-state index in [0.29, 0.717) is 17.9 Å². The lowest BCUT2D eigenvalue weighted by atomic mass is 10.2. The van der Waals surface area contributed by atoms with Crippen molar-refractivity contribution >= 4 is 23.0 Å². The van der Waals surface area contributed by atoms with E-state index in [1.807, 2.05) is 31.2 Å². The van der Waals surface area contributed by atoms with E-state index in [9.17, 15) is 0 Å². The third-order valence-electron chi connectivity index (χ3n) is 2.39. The zero-order valence-electron chi connectivity index (χ0n) is 11.2. The molecule has 0 aliphatic rings. The standard InChI is InChI=1S/C14H16N2O2S/c1-4-18-14(19)13(9-15)10(2)16-11-5-7-12(17-3)8-6-11/h5-8,16H,4H2,1-3H3. The zero-order valence-corrected chi connectivity index (χ0v) is 12.0. The van der Waals surface area contributed by atoms with Crippen LogP contribution in [0, 0.1) is 11.3 Å². The number of nitriles is 1. The van der Waals surface area contributed by atoms with Gasteiger partial charge in [0, 0.05) is 11.4 Å². The highest BCUT2D eigenvalue weighted by Crippen LogP contribution is 2.18. The summed E-state index contributed by atoms with van der Waals surface area (Å²) in [6, 6.07) is 9.45. The molecule has 0 atom stereocenters. The van der Waals surface area contributed by atoms with Crippen molar-refractivity contribution in [3.05, 3.63) is 35.5 Å². The second-order valence-corrected chi connectivity index (χ2v) is 4.06. The van der Waals surface area contributed by atoms with Crippen LogP contribution in [0.4, 0.5) is 5.69 Å². The van der Waals surface area contributed by atoms with Crippen molar-refractivity contribution in [2.45, 2.75) is 13.8 Å². The first-order valence-corrected chi connectivity index (χ1v) is 6.22. The predicted molar refractivity (Wildman–Crippen MR) is 79.2 cm³/mol. The number of allylic oxidation sites excluding steroid dienone is 1. The average molecular weight is 276 g/mol. The summed E-state index contributed by atoms with van der Waals surface area (Å²) in [5, 5.41) is 12.4. The monoisotopic (exact) mass is 276 g/mol. The Hall–Kier alpha value is -2.06. The third-order valence-corrected chi connectivity index (χ3v) is 2.71. The van der Waals surface area contributed by atoms with Crippen LogP contribution in [0.5, 0.6) is 5.75 Å². The lowest BCUT2D eigenvalue weighted by molar-refractivity contribution is 0.337. The zero-order chi connectivity index (χ0) is 14.3. The van der Waals surface area contributed by atoms with Gasteiger partial charge in [0.1, 0.15) is 17.4 Å². The minimum atomic E-state index is 0.212. The Labute approximate surface area is 118 Å². The van der Waals surface area contributed by atoms with Crippen LogP contribution in [0.15, 0.2) is 35.5 Å². The molecule has 0 saturated heterocycles. The summed E-state index contributed by atoms with van der Waals surface area (Å²) in [4.78, 5) is 0. The van der Waals surface area contributed by atoms with Gasteiger partial charge in [-0.2, -0.15) is 5.26 Å². The molecule has 100 valence electrons. The van der Waals surface area contributed by atoms with E-state index in [1.165, 1.54) is 0 Å². The van der Waals surface area contributed by atoms with E-state index in [-0.39, 0.29) is 5.05 Å². The molecule has 0 spiro atoms. The van der Waals surface area contributed by atoms with Crippen molar-refractivity contribution in [2.75, 3.05) is 19.0 Å². The molecule has 0 amide bonds. The minimum absolute atomic E-state index is 0.212. The first kappa shape index (κ1) is 15.0. The Morgan fingerprint density at radius 1 is 1.37 bits per heavy atom. The number of benzene rings is 1. The molecule has 5 heteroatoms. The van der Waals surface area contributed by atoms with Crippen LogP contribution < -0.4 is 10.1 Å². The highest BCUT2D eigenvalue weighted by Gasteiger charge is 2.09. The third kappa shape index (κ3) is 4.27. The number of nitrogens with zero attached hydrogens (tertiary/aromatic N) is 1. The van der Waals surface area contributed by atoms with Gasteiger partial charge in [-0.15, -0.1) is 0 Å². The van der Waals surface area contributed by atoms with Gasteiger partial charge >= 0.3 is 0 Å². The van der Waals surface area contributed by atoms with Crippen molar-refractivity contribution in [3.63, 3.8) is 0 Å². The lowest BCUT2D eigenvalue weighted by Crippen LogP contribution is -2.09. The van der Waals surface area contributed by atoms with Gasteiger partial charge in [0.05, 0.1) is 13.7 Å². The first-order chi connectivity index (χ1) is 9.12. The average Bonchev–Trinajstić information content (AvgIpc) is 2.40. The quantitative estimate of drug-likeness (QED) is 0.508. The molecule has 0 bridgehead atoms. The van der Waals surface area contributed by atoms with E-state index < -0.39 is 0 Å². The largest absolute Gasteiger partial charge is 0.497 e. The summed E-state index contributed by atoms with van der Waals surface area (Å²) in [6.07, 6.45) is 0. The van der Waals surface area contributed by atoms with Crippen LogP contribution in [0.2, 0.25) is 0 Å². The number of rotatable bonds is 5. The van der Waals surface area contributed by atoms with Crippen LogP contribution in [-0.2, 0) is 4.74 Å². The number of hydrogen-bond donors (Lipinski definition) is 1. The minimum Gasteiger partial charge on any atom is -0.497 e. The molecule has 0 fully saturated rings. The highest BCUT2D eigenvalue weighted by atomic mass is 32.1. The maximum absolute atomic E-state index is 9.12. The van der Waals surface area contributed by atoms with Gasteiger partial charge < -0.3 is 14.8 Å². The van der Waals surface area contributed by atoms with Crippen LogP contribution in [-0.4, -0.2) is 18.8 Å². The Morgan fingerprint density at radius 2 is 2.00 bits per heavy atom. The van der Waals surface area contributed by atoms with Crippen molar-refractivity contribution in [2.24, 2.45) is 0 Å². The molecule has 1 aromatic carbocycles. The van der Waals surface area contributed by atoms with Crippen LogP contribution >= 0.6 is 12.2 Å². The van der Waals surface area contributed by atoms with Crippen molar-refractivity contribution < 1.29 is 9.47 Å². The summed E-state index contributed by atoms with van der Waals surface area (Å²) in [5.74, 6) is 0.775. The summed E-state index contributed by atoms with van der Waals surface area (Å²) < 4.78 is 10.3. The number of thiocarbonyl (C=S) groups is 1. The number of anilines is 1. The second-order valence-electron chi connectivity index (χ2n) is 3.69. The molecule has 0 saturated carbocycles. The lowest BCUT2D eigenvalue weighted by Gasteiger charge is -2.11. The van der Waals surface area contributed by atoms with Crippen molar-refractivity contribution in [1.82, 2.24) is 0 Å². The summed E-state index contributed by atoms with van der Waals surface area (Å²) >= 11 is 5.04. The normalized spacial score (nSPS) is 11.1. The van der Waals surface area contributed by atoms with Gasteiger partial charge in [-0.05, 0) is 50.3 Å². The fraction of sp³-hybridized carbons (Fsp3) is 0.286. The van der Waals surface area contributed by atoms with Crippen LogP contribution in [0.25, 0.3) is 0 Å². The fourth-order valence-corrected chi connectivity index (χ4v) is 1.76. The summed E-state index contributed by atoms with van der Waals surface area (Å²) in [5.41, 5.74) is 1.85. The smallest absolute Gasteiger partial charge is 0.203 e. The number of hydrogen-bond acceptors (Lipinski definition) is 5. The van der Waals surface area contributed by atoms with Gasteiger partial charge in [-0.25, -0.2) is 0 Å².